The zero-order chi connectivity index (χ0) is 19.6. The maximum atomic E-state index is 12.3. The topological polar surface area (TPSA) is 75.7 Å². The first-order valence-corrected chi connectivity index (χ1v) is 8.87. The zero-order valence-electron chi connectivity index (χ0n) is 16.4. The number of hydrogen-bond acceptors (Lipinski definition) is 6. The van der Waals surface area contributed by atoms with Gasteiger partial charge in [0, 0.05) is 6.54 Å². The summed E-state index contributed by atoms with van der Waals surface area (Å²) >= 11 is 0. The van der Waals surface area contributed by atoms with Crippen LogP contribution in [0.1, 0.15) is 12.0 Å². The van der Waals surface area contributed by atoms with Crippen LogP contribution in [-0.2, 0) is 11.2 Å². The summed E-state index contributed by atoms with van der Waals surface area (Å²) in [6.07, 6.45) is 3.01. The third kappa shape index (κ3) is 6.79. The minimum absolute atomic E-state index is 0.138. The van der Waals surface area contributed by atoms with Crippen molar-refractivity contribution in [1.82, 2.24) is 9.88 Å². The molecule has 0 aliphatic rings. The summed E-state index contributed by atoms with van der Waals surface area (Å²) in [5.41, 5.74) is 1.77. The minimum atomic E-state index is -0.138. The fraction of sp³-hybridized carbons (Fsp3) is 0.400. The lowest BCUT2D eigenvalue weighted by Gasteiger charge is -2.11. The molecule has 0 aliphatic carbocycles. The normalized spacial score (nSPS) is 10.6. The lowest BCUT2D eigenvalue weighted by atomic mass is 10.1. The molecule has 0 saturated heterocycles. The van der Waals surface area contributed by atoms with Crippen LogP contribution in [-0.4, -0.2) is 57.2 Å². The van der Waals surface area contributed by atoms with Crippen molar-refractivity contribution in [2.75, 3.05) is 52.0 Å². The molecule has 2 rings (SSSR count). The fourth-order valence-electron chi connectivity index (χ4n) is 2.56. The van der Waals surface area contributed by atoms with E-state index in [4.69, 9.17) is 9.47 Å². The van der Waals surface area contributed by atoms with Gasteiger partial charge in [0.1, 0.15) is 5.82 Å². The third-order valence-corrected chi connectivity index (χ3v) is 3.95. The van der Waals surface area contributed by atoms with Crippen LogP contribution in [0.5, 0.6) is 11.5 Å². The number of aromatic nitrogens is 1. The number of rotatable bonds is 10. The van der Waals surface area contributed by atoms with Gasteiger partial charge in [-0.15, -0.1) is 0 Å². The SMILES string of the molecule is COc1ccc(CC(=O)Nc2ccc(NCCCN(C)C)cn2)cc1OC. The lowest BCUT2D eigenvalue weighted by Crippen LogP contribution is -2.17. The molecule has 27 heavy (non-hydrogen) atoms. The van der Waals surface area contributed by atoms with E-state index >= 15 is 0 Å². The number of pyridine rings is 1. The minimum Gasteiger partial charge on any atom is -0.493 e. The second-order valence-corrected chi connectivity index (χ2v) is 6.43. The highest BCUT2D eigenvalue weighted by atomic mass is 16.5. The molecule has 0 atom stereocenters. The molecular weight excluding hydrogens is 344 g/mol. The van der Waals surface area contributed by atoms with Crippen LogP contribution in [0.3, 0.4) is 0 Å². The van der Waals surface area contributed by atoms with Crippen molar-refractivity contribution in [3.63, 3.8) is 0 Å². The number of anilines is 2. The molecule has 0 bridgehead atoms. The number of amides is 1. The highest BCUT2D eigenvalue weighted by Crippen LogP contribution is 2.27. The van der Waals surface area contributed by atoms with E-state index in [0.29, 0.717) is 17.3 Å². The van der Waals surface area contributed by atoms with Crippen LogP contribution in [0.15, 0.2) is 36.5 Å². The van der Waals surface area contributed by atoms with Crippen molar-refractivity contribution in [2.24, 2.45) is 0 Å². The van der Waals surface area contributed by atoms with Gasteiger partial charge in [-0.05, 0) is 56.9 Å². The Balaban J connectivity index is 1.85. The average molecular weight is 372 g/mol. The predicted octanol–water partition coefficient (Wildman–Crippen LogP) is 2.64. The van der Waals surface area contributed by atoms with E-state index in [0.717, 1.165) is 30.8 Å². The van der Waals surface area contributed by atoms with Crippen molar-refractivity contribution in [3.8, 4) is 11.5 Å². The first kappa shape index (κ1) is 20.5. The molecule has 146 valence electrons. The highest BCUT2D eigenvalue weighted by molar-refractivity contribution is 5.91. The molecule has 0 aliphatic heterocycles. The molecule has 1 heterocycles. The van der Waals surface area contributed by atoms with Crippen LogP contribution < -0.4 is 20.1 Å². The number of nitrogens with zero attached hydrogens (tertiary/aromatic N) is 2. The number of carbonyl (C=O) groups excluding carboxylic acids is 1. The van der Waals surface area contributed by atoms with Crippen LogP contribution in [0.25, 0.3) is 0 Å². The first-order chi connectivity index (χ1) is 13.0. The second-order valence-electron chi connectivity index (χ2n) is 6.43. The summed E-state index contributed by atoms with van der Waals surface area (Å²) in [6, 6.07) is 9.13. The molecule has 1 amide bonds. The van der Waals surface area contributed by atoms with Crippen LogP contribution in [0.4, 0.5) is 11.5 Å². The number of nitrogens with one attached hydrogen (secondary N) is 2. The van der Waals surface area contributed by atoms with Gasteiger partial charge in [0.05, 0.1) is 32.5 Å². The largest absolute Gasteiger partial charge is 0.493 e. The molecule has 0 unspecified atom stereocenters. The number of methoxy groups -OCH3 is 2. The van der Waals surface area contributed by atoms with Gasteiger partial charge in [-0.25, -0.2) is 4.98 Å². The zero-order valence-corrected chi connectivity index (χ0v) is 16.4. The van der Waals surface area contributed by atoms with Gasteiger partial charge in [0.25, 0.3) is 0 Å². The van der Waals surface area contributed by atoms with Crippen LogP contribution >= 0.6 is 0 Å². The monoisotopic (exact) mass is 372 g/mol. The Hall–Kier alpha value is -2.80. The van der Waals surface area contributed by atoms with Gasteiger partial charge >= 0.3 is 0 Å². The van der Waals surface area contributed by atoms with Crippen molar-refractivity contribution >= 4 is 17.4 Å². The van der Waals surface area contributed by atoms with Crippen molar-refractivity contribution in [1.29, 1.82) is 0 Å². The number of carbonyl (C=O) groups is 1. The summed E-state index contributed by atoms with van der Waals surface area (Å²) in [5.74, 6) is 1.63. The summed E-state index contributed by atoms with van der Waals surface area (Å²) in [7, 11) is 7.26. The maximum Gasteiger partial charge on any atom is 0.229 e. The van der Waals surface area contributed by atoms with E-state index in [2.05, 4.69) is 34.6 Å². The third-order valence-electron chi connectivity index (χ3n) is 3.95. The van der Waals surface area contributed by atoms with E-state index in [1.807, 2.05) is 12.1 Å². The van der Waals surface area contributed by atoms with Gasteiger partial charge in [0.2, 0.25) is 5.91 Å². The Morgan fingerprint density at radius 3 is 2.52 bits per heavy atom. The number of benzene rings is 1. The number of hydrogen-bond donors (Lipinski definition) is 2. The summed E-state index contributed by atoms with van der Waals surface area (Å²) in [4.78, 5) is 18.7. The van der Waals surface area contributed by atoms with E-state index in [1.165, 1.54) is 0 Å². The van der Waals surface area contributed by atoms with Crippen molar-refractivity contribution < 1.29 is 14.3 Å². The van der Waals surface area contributed by atoms with E-state index in [9.17, 15) is 4.79 Å². The average Bonchev–Trinajstić information content (AvgIpc) is 2.66. The summed E-state index contributed by atoms with van der Waals surface area (Å²) in [6.45, 7) is 1.91. The lowest BCUT2D eigenvalue weighted by molar-refractivity contribution is -0.115. The van der Waals surface area contributed by atoms with Gasteiger partial charge < -0.3 is 25.0 Å². The van der Waals surface area contributed by atoms with Crippen LogP contribution in [0, 0.1) is 0 Å². The molecule has 0 radical (unpaired) electrons. The first-order valence-electron chi connectivity index (χ1n) is 8.87. The Kier molecular flexibility index (Phi) is 7.88. The van der Waals surface area contributed by atoms with Crippen molar-refractivity contribution in [3.05, 3.63) is 42.1 Å². The molecule has 2 N–H and O–H groups in total. The molecule has 1 aromatic heterocycles. The molecule has 1 aromatic carbocycles. The van der Waals surface area contributed by atoms with E-state index < -0.39 is 0 Å². The Labute approximate surface area is 160 Å². The Morgan fingerprint density at radius 2 is 1.89 bits per heavy atom. The molecule has 2 aromatic rings. The fourth-order valence-corrected chi connectivity index (χ4v) is 2.56. The predicted molar refractivity (Wildman–Crippen MR) is 108 cm³/mol. The maximum absolute atomic E-state index is 12.3. The van der Waals surface area contributed by atoms with Crippen LogP contribution in [0.2, 0.25) is 0 Å². The van der Waals surface area contributed by atoms with Gasteiger partial charge in [-0.3, -0.25) is 4.79 Å². The van der Waals surface area contributed by atoms with Gasteiger partial charge in [0.15, 0.2) is 11.5 Å². The highest BCUT2D eigenvalue weighted by Gasteiger charge is 2.09. The second kappa shape index (κ2) is 10.4. The Bertz CT molecular complexity index is 733. The standard InChI is InChI=1S/C20H28N4O3/c1-24(2)11-5-10-21-16-7-9-19(22-14-16)23-20(25)13-15-6-8-17(26-3)18(12-15)27-4/h6-9,12,14,21H,5,10-11,13H2,1-4H3,(H,22,23,25). The number of ether oxygens (including phenoxy) is 2. The summed E-state index contributed by atoms with van der Waals surface area (Å²) < 4.78 is 10.5. The molecule has 0 saturated carbocycles. The quantitative estimate of drug-likeness (QED) is 0.625. The molecule has 0 spiro atoms. The van der Waals surface area contributed by atoms with Gasteiger partial charge in [-0.1, -0.05) is 6.07 Å². The molecular formula is C20H28N4O3. The molecule has 7 nitrogen and oxygen atoms in total. The summed E-state index contributed by atoms with van der Waals surface area (Å²) in [5, 5.41) is 6.13. The Morgan fingerprint density at radius 1 is 1.11 bits per heavy atom. The molecule has 7 heteroatoms. The molecule has 0 fully saturated rings. The van der Waals surface area contributed by atoms with E-state index in [1.54, 1.807) is 38.6 Å². The smallest absolute Gasteiger partial charge is 0.229 e. The van der Waals surface area contributed by atoms with Gasteiger partial charge in [-0.2, -0.15) is 0 Å². The van der Waals surface area contributed by atoms with Crippen molar-refractivity contribution in [2.45, 2.75) is 12.8 Å². The van der Waals surface area contributed by atoms with E-state index in [-0.39, 0.29) is 12.3 Å².